The van der Waals surface area contributed by atoms with Crippen LogP contribution in [0.3, 0.4) is 0 Å². The Bertz CT molecular complexity index is 930. The molecule has 30 heavy (non-hydrogen) atoms. The Hall–Kier alpha value is -3.06. The van der Waals surface area contributed by atoms with E-state index in [9.17, 15) is 14.4 Å². The van der Waals surface area contributed by atoms with Crippen LogP contribution >= 0.6 is 11.6 Å². The molecule has 0 aromatic heterocycles. The minimum atomic E-state index is -0.422. The van der Waals surface area contributed by atoms with Gasteiger partial charge < -0.3 is 20.9 Å². The molecular weight excluding hydrogens is 404 g/mol. The average Bonchev–Trinajstić information content (AvgIpc) is 3.08. The summed E-state index contributed by atoms with van der Waals surface area (Å²) < 4.78 is 0. The van der Waals surface area contributed by atoms with Crippen LogP contribution in [0.15, 0.2) is 48.5 Å². The molecule has 1 heterocycles. The van der Waals surface area contributed by atoms with Crippen LogP contribution in [-0.4, -0.2) is 30.4 Å². The van der Waals surface area contributed by atoms with Crippen molar-refractivity contribution in [1.82, 2.24) is 10.6 Å². The van der Waals surface area contributed by atoms with Crippen LogP contribution in [0.2, 0.25) is 5.02 Å². The Morgan fingerprint density at radius 3 is 2.50 bits per heavy atom. The van der Waals surface area contributed by atoms with Crippen molar-refractivity contribution in [2.24, 2.45) is 5.92 Å². The number of anilines is 2. The van der Waals surface area contributed by atoms with Gasteiger partial charge in [0.1, 0.15) is 0 Å². The summed E-state index contributed by atoms with van der Waals surface area (Å²) in [6, 6.07) is 14.1. The zero-order chi connectivity index (χ0) is 21.7. The second kappa shape index (κ2) is 9.63. The van der Waals surface area contributed by atoms with Gasteiger partial charge in [-0.05, 0) is 43.7 Å². The molecule has 0 spiro atoms. The lowest BCUT2D eigenvalue weighted by atomic mass is 10.1. The number of rotatable bonds is 6. The SMILES string of the molecule is CC(C)NC(=O)Nc1ccc(CNC(=O)C2CC(=O)N(c3ccccc3Cl)C2)cc1. The van der Waals surface area contributed by atoms with Gasteiger partial charge in [0, 0.05) is 31.2 Å². The highest BCUT2D eigenvalue weighted by atomic mass is 35.5. The molecule has 2 aromatic carbocycles. The Morgan fingerprint density at radius 1 is 1.13 bits per heavy atom. The largest absolute Gasteiger partial charge is 0.352 e. The van der Waals surface area contributed by atoms with Crippen molar-refractivity contribution in [3.63, 3.8) is 0 Å². The molecule has 3 N–H and O–H groups in total. The zero-order valence-electron chi connectivity index (χ0n) is 16.9. The van der Waals surface area contributed by atoms with Crippen LogP contribution < -0.4 is 20.9 Å². The summed E-state index contributed by atoms with van der Waals surface area (Å²) in [6.07, 6.45) is 0.158. The van der Waals surface area contributed by atoms with E-state index < -0.39 is 5.92 Å². The quantitative estimate of drug-likeness (QED) is 0.657. The van der Waals surface area contributed by atoms with Crippen molar-refractivity contribution in [1.29, 1.82) is 0 Å². The van der Waals surface area contributed by atoms with Crippen molar-refractivity contribution >= 4 is 40.8 Å². The second-order valence-corrected chi connectivity index (χ2v) is 7.93. The highest BCUT2D eigenvalue weighted by Gasteiger charge is 2.35. The van der Waals surface area contributed by atoms with Gasteiger partial charge in [0.05, 0.1) is 16.6 Å². The van der Waals surface area contributed by atoms with Gasteiger partial charge >= 0.3 is 6.03 Å². The predicted octanol–water partition coefficient (Wildman–Crippen LogP) is 3.54. The van der Waals surface area contributed by atoms with Crippen LogP contribution in [0.4, 0.5) is 16.2 Å². The molecular formula is C22H25ClN4O3. The lowest BCUT2D eigenvalue weighted by Crippen LogP contribution is -2.34. The molecule has 0 bridgehead atoms. The smallest absolute Gasteiger partial charge is 0.319 e. The number of nitrogens with one attached hydrogen (secondary N) is 3. The third-order valence-corrected chi connectivity index (χ3v) is 5.06. The predicted molar refractivity (Wildman–Crippen MR) is 117 cm³/mol. The molecule has 1 aliphatic rings. The maximum absolute atomic E-state index is 12.6. The molecule has 1 atom stereocenters. The molecule has 1 aliphatic heterocycles. The number of nitrogens with zero attached hydrogens (tertiary/aromatic N) is 1. The molecule has 1 saturated heterocycles. The van der Waals surface area contributed by atoms with Gasteiger partial charge in [0.2, 0.25) is 11.8 Å². The Balaban J connectivity index is 1.52. The topological polar surface area (TPSA) is 90.5 Å². The number of amides is 4. The lowest BCUT2D eigenvalue weighted by molar-refractivity contribution is -0.126. The third kappa shape index (κ3) is 5.51. The van der Waals surface area contributed by atoms with Crippen LogP contribution in [-0.2, 0) is 16.1 Å². The normalized spacial score (nSPS) is 15.9. The Morgan fingerprint density at radius 2 is 1.83 bits per heavy atom. The van der Waals surface area contributed by atoms with Gasteiger partial charge in [-0.3, -0.25) is 9.59 Å². The lowest BCUT2D eigenvalue weighted by Gasteiger charge is -2.18. The fourth-order valence-electron chi connectivity index (χ4n) is 3.26. The van der Waals surface area contributed by atoms with E-state index in [-0.39, 0.29) is 30.3 Å². The van der Waals surface area contributed by atoms with E-state index in [0.29, 0.717) is 29.5 Å². The van der Waals surface area contributed by atoms with Gasteiger partial charge in [0.15, 0.2) is 0 Å². The van der Waals surface area contributed by atoms with Gasteiger partial charge in [-0.1, -0.05) is 35.9 Å². The van der Waals surface area contributed by atoms with Crippen molar-refractivity contribution in [3.05, 3.63) is 59.1 Å². The van der Waals surface area contributed by atoms with Crippen molar-refractivity contribution in [2.45, 2.75) is 32.9 Å². The van der Waals surface area contributed by atoms with E-state index >= 15 is 0 Å². The Labute approximate surface area is 180 Å². The van der Waals surface area contributed by atoms with Gasteiger partial charge in [-0.2, -0.15) is 0 Å². The molecule has 158 valence electrons. The molecule has 1 fully saturated rings. The van der Waals surface area contributed by atoms with Crippen LogP contribution in [0, 0.1) is 5.92 Å². The van der Waals surface area contributed by atoms with E-state index in [4.69, 9.17) is 11.6 Å². The second-order valence-electron chi connectivity index (χ2n) is 7.52. The number of hydrogen-bond acceptors (Lipinski definition) is 3. The summed E-state index contributed by atoms with van der Waals surface area (Å²) in [6.45, 7) is 4.42. The molecule has 2 aromatic rings. The monoisotopic (exact) mass is 428 g/mol. The van der Waals surface area contributed by atoms with Crippen LogP contribution in [0.25, 0.3) is 0 Å². The summed E-state index contributed by atoms with van der Waals surface area (Å²) in [5.74, 6) is -0.704. The van der Waals surface area contributed by atoms with E-state index in [1.54, 1.807) is 35.2 Å². The number of carbonyl (C=O) groups is 3. The van der Waals surface area contributed by atoms with E-state index in [1.165, 1.54) is 0 Å². The molecule has 3 rings (SSSR count). The first kappa shape index (κ1) is 21.6. The summed E-state index contributed by atoms with van der Waals surface area (Å²) >= 11 is 6.18. The van der Waals surface area contributed by atoms with Crippen molar-refractivity contribution in [3.8, 4) is 0 Å². The Kier molecular flexibility index (Phi) is 6.95. The summed E-state index contributed by atoms with van der Waals surface area (Å²) in [5, 5.41) is 8.87. The fraction of sp³-hybridized carbons (Fsp3) is 0.318. The van der Waals surface area contributed by atoms with Crippen LogP contribution in [0.1, 0.15) is 25.8 Å². The minimum absolute atomic E-state index is 0.0517. The molecule has 7 nitrogen and oxygen atoms in total. The number of carbonyl (C=O) groups excluding carboxylic acids is 3. The third-order valence-electron chi connectivity index (χ3n) is 4.74. The molecule has 0 saturated carbocycles. The average molecular weight is 429 g/mol. The van der Waals surface area contributed by atoms with E-state index in [0.717, 1.165) is 5.56 Å². The maximum Gasteiger partial charge on any atom is 0.319 e. The molecule has 4 amide bonds. The molecule has 1 unspecified atom stereocenters. The number of hydrogen-bond donors (Lipinski definition) is 3. The van der Waals surface area contributed by atoms with Crippen LogP contribution in [0.5, 0.6) is 0 Å². The van der Waals surface area contributed by atoms with E-state index in [2.05, 4.69) is 16.0 Å². The van der Waals surface area contributed by atoms with Crippen molar-refractivity contribution < 1.29 is 14.4 Å². The minimum Gasteiger partial charge on any atom is -0.352 e. The number of benzene rings is 2. The fourth-order valence-corrected chi connectivity index (χ4v) is 3.49. The first-order valence-electron chi connectivity index (χ1n) is 9.82. The first-order chi connectivity index (χ1) is 14.3. The van der Waals surface area contributed by atoms with Crippen molar-refractivity contribution in [2.75, 3.05) is 16.8 Å². The number of halogens is 1. The molecule has 0 aliphatic carbocycles. The number of urea groups is 1. The molecule has 8 heteroatoms. The zero-order valence-corrected chi connectivity index (χ0v) is 17.7. The molecule has 0 radical (unpaired) electrons. The highest BCUT2D eigenvalue weighted by Crippen LogP contribution is 2.31. The van der Waals surface area contributed by atoms with E-state index in [1.807, 2.05) is 32.0 Å². The standard InChI is InChI=1S/C22H25ClN4O3/c1-14(2)25-22(30)26-17-9-7-15(8-10-17)12-24-21(29)16-11-20(28)27(13-16)19-6-4-3-5-18(19)23/h3-10,14,16H,11-13H2,1-2H3,(H,24,29)(H2,25,26,30). The van der Waals surface area contributed by atoms with Gasteiger partial charge in [0.25, 0.3) is 0 Å². The van der Waals surface area contributed by atoms with Gasteiger partial charge in [-0.25, -0.2) is 4.79 Å². The summed E-state index contributed by atoms with van der Waals surface area (Å²) in [4.78, 5) is 38.2. The summed E-state index contributed by atoms with van der Waals surface area (Å²) in [7, 11) is 0. The maximum atomic E-state index is 12.6. The first-order valence-corrected chi connectivity index (χ1v) is 10.2. The van der Waals surface area contributed by atoms with Gasteiger partial charge in [-0.15, -0.1) is 0 Å². The summed E-state index contributed by atoms with van der Waals surface area (Å²) in [5.41, 5.74) is 2.19. The number of para-hydroxylation sites is 1. The highest BCUT2D eigenvalue weighted by molar-refractivity contribution is 6.33.